The Morgan fingerprint density at radius 2 is 1.88 bits per heavy atom. The van der Waals surface area contributed by atoms with Gasteiger partial charge in [-0.1, -0.05) is 12.1 Å². The monoisotopic (exact) mass is 356 g/mol. The van der Waals surface area contributed by atoms with Gasteiger partial charge >= 0.3 is 6.36 Å². The third kappa shape index (κ3) is 4.48. The lowest BCUT2D eigenvalue weighted by molar-refractivity contribution is -0.274. The number of hydrogen-bond donors (Lipinski definition) is 1. The average molecular weight is 356 g/mol. The first kappa shape index (κ1) is 17.2. The lowest BCUT2D eigenvalue weighted by atomic mass is 9.96. The molecule has 0 saturated carbocycles. The van der Waals surface area contributed by atoms with Crippen molar-refractivity contribution in [1.82, 2.24) is 10.3 Å². The van der Waals surface area contributed by atoms with Crippen LogP contribution < -0.4 is 10.1 Å². The van der Waals surface area contributed by atoms with Crippen LogP contribution in [0.3, 0.4) is 0 Å². The van der Waals surface area contributed by atoms with E-state index in [1.54, 1.807) is 23.5 Å². The van der Waals surface area contributed by atoms with Crippen LogP contribution in [0.25, 0.3) is 0 Å². The van der Waals surface area contributed by atoms with Gasteiger partial charge in [0.1, 0.15) is 5.75 Å². The van der Waals surface area contributed by atoms with Gasteiger partial charge in [0.15, 0.2) is 0 Å². The zero-order valence-corrected chi connectivity index (χ0v) is 14.1. The van der Waals surface area contributed by atoms with Crippen LogP contribution in [0.5, 0.6) is 5.75 Å². The number of nitrogens with one attached hydrogen (secondary N) is 1. The number of halogens is 3. The Morgan fingerprint density at radius 3 is 2.50 bits per heavy atom. The summed E-state index contributed by atoms with van der Waals surface area (Å²) in [4.78, 5) is 6.00. The van der Waals surface area contributed by atoms with E-state index in [4.69, 9.17) is 0 Å². The summed E-state index contributed by atoms with van der Waals surface area (Å²) in [6.45, 7) is 4.12. The first-order chi connectivity index (χ1) is 11.4. The Labute approximate surface area is 142 Å². The van der Waals surface area contributed by atoms with E-state index in [-0.39, 0.29) is 5.75 Å². The number of alkyl halides is 3. The molecule has 1 saturated heterocycles. The van der Waals surface area contributed by atoms with Crippen molar-refractivity contribution in [2.75, 3.05) is 13.1 Å². The maximum absolute atomic E-state index is 12.2. The molecule has 0 bridgehead atoms. The number of rotatable bonds is 4. The lowest BCUT2D eigenvalue weighted by Gasteiger charge is -2.21. The summed E-state index contributed by atoms with van der Waals surface area (Å²) in [7, 11) is 0. The molecule has 0 aliphatic carbocycles. The minimum absolute atomic E-state index is 0.197. The molecule has 3 nitrogen and oxygen atoms in total. The molecular weight excluding hydrogens is 337 g/mol. The quantitative estimate of drug-likeness (QED) is 0.881. The SMILES string of the molecule is Cc1nc(Cc2ccc(OC(F)(F)F)cc2)sc1C1CCNCC1. The maximum atomic E-state index is 12.2. The minimum Gasteiger partial charge on any atom is -0.406 e. The van der Waals surface area contributed by atoms with Crippen LogP contribution in [-0.4, -0.2) is 24.4 Å². The van der Waals surface area contributed by atoms with Crippen molar-refractivity contribution >= 4 is 11.3 Å². The van der Waals surface area contributed by atoms with Gasteiger partial charge in [-0.25, -0.2) is 4.98 Å². The third-order valence-electron chi connectivity index (χ3n) is 4.10. The van der Waals surface area contributed by atoms with Crippen LogP contribution in [-0.2, 0) is 6.42 Å². The van der Waals surface area contributed by atoms with Gasteiger partial charge in [-0.3, -0.25) is 0 Å². The number of benzene rings is 1. The van der Waals surface area contributed by atoms with Crippen molar-refractivity contribution in [2.24, 2.45) is 0 Å². The van der Waals surface area contributed by atoms with Crippen molar-refractivity contribution in [3.8, 4) is 5.75 Å². The Morgan fingerprint density at radius 1 is 1.21 bits per heavy atom. The molecule has 7 heteroatoms. The van der Waals surface area contributed by atoms with E-state index in [0.29, 0.717) is 12.3 Å². The summed E-state index contributed by atoms with van der Waals surface area (Å²) in [5.41, 5.74) is 2.01. The standard InChI is InChI=1S/C17H19F3N2OS/c1-11-16(13-6-8-21-9-7-13)24-15(22-11)10-12-2-4-14(5-3-12)23-17(18,19)20/h2-5,13,21H,6-10H2,1H3. The molecule has 0 spiro atoms. The number of aromatic nitrogens is 1. The number of ether oxygens (including phenoxy) is 1. The van der Waals surface area contributed by atoms with E-state index in [1.165, 1.54) is 17.0 Å². The van der Waals surface area contributed by atoms with E-state index in [9.17, 15) is 13.2 Å². The van der Waals surface area contributed by atoms with Gasteiger partial charge in [0.05, 0.1) is 10.7 Å². The number of piperidine rings is 1. The number of thiazole rings is 1. The van der Waals surface area contributed by atoms with Gasteiger partial charge in [-0.2, -0.15) is 0 Å². The van der Waals surface area contributed by atoms with Crippen LogP contribution >= 0.6 is 11.3 Å². The van der Waals surface area contributed by atoms with Crippen LogP contribution in [0.4, 0.5) is 13.2 Å². The first-order valence-electron chi connectivity index (χ1n) is 7.92. The van der Waals surface area contributed by atoms with Gasteiger partial charge in [-0.15, -0.1) is 24.5 Å². The summed E-state index contributed by atoms with van der Waals surface area (Å²) in [5, 5.41) is 4.37. The second kappa shape index (κ2) is 7.11. The van der Waals surface area contributed by atoms with E-state index in [2.05, 4.69) is 15.0 Å². The molecule has 0 unspecified atom stereocenters. The number of nitrogens with zero attached hydrogens (tertiary/aromatic N) is 1. The molecule has 130 valence electrons. The van der Waals surface area contributed by atoms with Crippen molar-refractivity contribution in [2.45, 2.75) is 38.5 Å². The number of aryl methyl sites for hydroxylation is 1. The second-order valence-corrected chi connectivity index (χ2v) is 7.07. The summed E-state index contributed by atoms with van der Waals surface area (Å²) < 4.78 is 40.4. The summed E-state index contributed by atoms with van der Waals surface area (Å²) in [6, 6.07) is 6.00. The van der Waals surface area contributed by atoms with Crippen molar-refractivity contribution in [3.05, 3.63) is 45.4 Å². The second-order valence-electron chi connectivity index (χ2n) is 5.95. The van der Waals surface area contributed by atoms with Crippen molar-refractivity contribution < 1.29 is 17.9 Å². The summed E-state index contributed by atoms with van der Waals surface area (Å²) >= 11 is 1.72. The summed E-state index contributed by atoms with van der Waals surface area (Å²) in [6.07, 6.45) is -1.77. The van der Waals surface area contributed by atoms with E-state index < -0.39 is 6.36 Å². The molecule has 24 heavy (non-hydrogen) atoms. The highest BCUT2D eigenvalue weighted by molar-refractivity contribution is 7.11. The van der Waals surface area contributed by atoms with E-state index in [0.717, 1.165) is 42.2 Å². The first-order valence-corrected chi connectivity index (χ1v) is 8.74. The van der Waals surface area contributed by atoms with Gasteiger partial charge in [0.25, 0.3) is 0 Å². The highest BCUT2D eigenvalue weighted by Crippen LogP contribution is 2.33. The largest absolute Gasteiger partial charge is 0.573 e. The van der Waals surface area contributed by atoms with E-state index in [1.807, 2.05) is 6.92 Å². The molecule has 0 radical (unpaired) electrons. The smallest absolute Gasteiger partial charge is 0.406 e. The average Bonchev–Trinajstić information content (AvgIpc) is 2.89. The van der Waals surface area contributed by atoms with Crippen LogP contribution in [0.15, 0.2) is 24.3 Å². The van der Waals surface area contributed by atoms with Gasteiger partial charge in [-0.05, 0) is 56.5 Å². The molecule has 2 heterocycles. The Kier molecular flexibility index (Phi) is 5.10. The molecule has 3 rings (SSSR count). The molecule has 1 aliphatic rings. The number of hydrogen-bond acceptors (Lipinski definition) is 4. The summed E-state index contributed by atoms with van der Waals surface area (Å²) in [5.74, 6) is 0.372. The van der Waals surface area contributed by atoms with Crippen molar-refractivity contribution in [1.29, 1.82) is 0 Å². The molecule has 1 aromatic carbocycles. The molecule has 2 aromatic rings. The molecule has 1 N–H and O–H groups in total. The Balaban J connectivity index is 1.67. The molecular formula is C17H19F3N2OS. The molecule has 0 amide bonds. The molecule has 0 atom stereocenters. The fraction of sp³-hybridized carbons (Fsp3) is 0.471. The normalized spacial score (nSPS) is 16.3. The zero-order chi connectivity index (χ0) is 17.2. The Hall–Kier alpha value is -1.60. The lowest BCUT2D eigenvalue weighted by Crippen LogP contribution is -2.26. The van der Waals surface area contributed by atoms with Gasteiger partial charge < -0.3 is 10.1 Å². The van der Waals surface area contributed by atoms with Gasteiger partial charge in [0, 0.05) is 11.3 Å². The topological polar surface area (TPSA) is 34.1 Å². The van der Waals surface area contributed by atoms with Gasteiger partial charge in [0.2, 0.25) is 0 Å². The molecule has 1 aliphatic heterocycles. The molecule has 1 aromatic heterocycles. The van der Waals surface area contributed by atoms with E-state index >= 15 is 0 Å². The predicted octanol–water partition coefficient (Wildman–Crippen LogP) is 4.41. The van der Waals surface area contributed by atoms with Crippen LogP contribution in [0.1, 0.15) is 39.9 Å². The minimum atomic E-state index is -4.66. The van der Waals surface area contributed by atoms with Crippen LogP contribution in [0.2, 0.25) is 0 Å². The van der Waals surface area contributed by atoms with Crippen LogP contribution in [0, 0.1) is 6.92 Å². The predicted molar refractivity (Wildman–Crippen MR) is 87.6 cm³/mol. The van der Waals surface area contributed by atoms with Crippen molar-refractivity contribution in [3.63, 3.8) is 0 Å². The highest BCUT2D eigenvalue weighted by atomic mass is 32.1. The zero-order valence-electron chi connectivity index (χ0n) is 13.3. The fourth-order valence-corrected chi connectivity index (χ4v) is 4.26. The fourth-order valence-electron chi connectivity index (χ4n) is 2.99. The third-order valence-corrected chi connectivity index (χ3v) is 5.42. The maximum Gasteiger partial charge on any atom is 0.573 e. The molecule has 1 fully saturated rings. The highest BCUT2D eigenvalue weighted by Gasteiger charge is 2.31. The Bertz CT molecular complexity index is 676.